The third-order valence-corrected chi connectivity index (χ3v) is 7.72. The molecule has 3 heterocycles. The van der Waals surface area contributed by atoms with Crippen LogP contribution in [0.5, 0.6) is 5.75 Å². The second-order valence-corrected chi connectivity index (χ2v) is 10.1. The Hall–Kier alpha value is -3.69. The van der Waals surface area contributed by atoms with Crippen molar-refractivity contribution in [2.45, 2.75) is 19.4 Å². The fraction of sp³-hybridized carbons (Fsp3) is 0.296. The number of hydrogen-bond donors (Lipinski definition) is 1. The zero-order valence-electron chi connectivity index (χ0n) is 20.7. The van der Waals surface area contributed by atoms with Crippen LogP contribution in [-0.2, 0) is 4.79 Å². The maximum Gasteiger partial charge on any atom is 0.290 e. The van der Waals surface area contributed by atoms with E-state index in [4.69, 9.17) is 4.74 Å². The van der Waals surface area contributed by atoms with Gasteiger partial charge in [0.15, 0.2) is 10.7 Å². The predicted molar refractivity (Wildman–Crippen MR) is 140 cm³/mol. The van der Waals surface area contributed by atoms with Crippen LogP contribution in [0.25, 0.3) is 16.0 Å². The van der Waals surface area contributed by atoms with Crippen molar-refractivity contribution in [1.29, 1.82) is 0 Å². The van der Waals surface area contributed by atoms with Gasteiger partial charge in [-0.2, -0.15) is 0 Å². The lowest BCUT2D eigenvalue weighted by Crippen LogP contribution is -2.33. The molecule has 2 aromatic carbocycles. The molecule has 1 aliphatic rings. The number of ether oxygens (including phenoxy) is 1. The SMILES string of the molecule is COc1ccc(C2C(C(=O)c3sc4nc5ccccc5n4c3C)=C(O)C(=O)N2CCCN(C)C)cc1. The largest absolute Gasteiger partial charge is 0.503 e. The number of nitrogens with zero attached hydrogens (tertiary/aromatic N) is 4. The van der Waals surface area contributed by atoms with Crippen molar-refractivity contribution in [3.63, 3.8) is 0 Å². The number of methoxy groups -OCH3 is 1. The number of para-hydroxylation sites is 2. The number of aryl methyl sites for hydroxylation is 1. The van der Waals surface area contributed by atoms with Crippen molar-refractivity contribution >= 4 is 39.0 Å². The lowest BCUT2D eigenvalue weighted by Gasteiger charge is -2.27. The molecule has 0 radical (unpaired) electrons. The molecule has 1 atom stereocenters. The Morgan fingerprint density at radius 3 is 2.58 bits per heavy atom. The van der Waals surface area contributed by atoms with Crippen LogP contribution in [0.4, 0.5) is 0 Å². The Morgan fingerprint density at radius 1 is 1.17 bits per heavy atom. The summed E-state index contributed by atoms with van der Waals surface area (Å²) in [7, 11) is 5.52. The van der Waals surface area contributed by atoms with Gasteiger partial charge < -0.3 is 19.6 Å². The zero-order chi connectivity index (χ0) is 25.6. The van der Waals surface area contributed by atoms with Crippen molar-refractivity contribution in [3.8, 4) is 5.75 Å². The summed E-state index contributed by atoms with van der Waals surface area (Å²) in [6.07, 6.45) is 0.706. The van der Waals surface area contributed by atoms with Crippen LogP contribution in [0.15, 0.2) is 59.9 Å². The highest BCUT2D eigenvalue weighted by Gasteiger charge is 2.44. The normalized spacial score (nSPS) is 16.2. The van der Waals surface area contributed by atoms with E-state index in [1.54, 1.807) is 24.1 Å². The average Bonchev–Trinajstić information content (AvgIpc) is 3.48. The summed E-state index contributed by atoms with van der Waals surface area (Å²) in [5.74, 6) is -0.692. The van der Waals surface area contributed by atoms with Gasteiger partial charge in [-0.25, -0.2) is 4.98 Å². The highest BCUT2D eigenvalue weighted by Crippen LogP contribution is 2.41. The lowest BCUT2D eigenvalue weighted by molar-refractivity contribution is -0.129. The van der Waals surface area contributed by atoms with Gasteiger partial charge in [0.2, 0.25) is 5.78 Å². The van der Waals surface area contributed by atoms with Gasteiger partial charge in [0.1, 0.15) is 5.75 Å². The number of aliphatic hydroxyl groups excluding tert-OH is 1. The number of amides is 1. The van der Waals surface area contributed by atoms with Crippen LogP contribution in [0.2, 0.25) is 0 Å². The van der Waals surface area contributed by atoms with Crippen LogP contribution in [-0.4, -0.2) is 70.3 Å². The van der Waals surface area contributed by atoms with Gasteiger partial charge in [0.25, 0.3) is 5.91 Å². The fourth-order valence-corrected chi connectivity index (χ4v) is 5.90. The van der Waals surface area contributed by atoms with Crippen molar-refractivity contribution in [2.24, 2.45) is 0 Å². The number of carbonyl (C=O) groups excluding carboxylic acids is 2. The molecule has 1 amide bonds. The summed E-state index contributed by atoms with van der Waals surface area (Å²) in [6.45, 7) is 3.06. The minimum absolute atomic E-state index is 0.104. The Balaban J connectivity index is 1.58. The number of Topliss-reactive ketones (excluding diaryl/α,β-unsaturated/α-hetero) is 1. The molecule has 1 N–H and O–H groups in total. The van der Waals surface area contributed by atoms with Gasteiger partial charge in [-0.05, 0) is 63.8 Å². The van der Waals surface area contributed by atoms with Gasteiger partial charge >= 0.3 is 0 Å². The maximum absolute atomic E-state index is 14.0. The first-order chi connectivity index (χ1) is 17.3. The molecule has 0 saturated heterocycles. The van der Waals surface area contributed by atoms with E-state index in [1.807, 2.05) is 66.7 Å². The third kappa shape index (κ3) is 3.94. The number of aliphatic hydroxyl groups is 1. The fourth-order valence-electron chi connectivity index (χ4n) is 4.80. The number of rotatable bonds is 8. The summed E-state index contributed by atoms with van der Waals surface area (Å²) in [5, 5.41) is 11.0. The van der Waals surface area contributed by atoms with Crippen LogP contribution in [0.3, 0.4) is 0 Å². The topological polar surface area (TPSA) is 87.4 Å². The van der Waals surface area contributed by atoms with Crippen LogP contribution >= 0.6 is 11.3 Å². The van der Waals surface area contributed by atoms with E-state index in [2.05, 4.69) is 4.98 Å². The van der Waals surface area contributed by atoms with E-state index < -0.39 is 17.7 Å². The highest BCUT2D eigenvalue weighted by atomic mass is 32.1. The van der Waals surface area contributed by atoms with E-state index >= 15 is 0 Å². The van der Waals surface area contributed by atoms with Gasteiger partial charge in [-0.3, -0.25) is 14.0 Å². The highest BCUT2D eigenvalue weighted by molar-refractivity contribution is 7.19. The van der Waals surface area contributed by atoms with Crippen molar-refractivity contribution in [2.75, 3.05) is 34.3 Å². The number of imidazole rings is 1. The van der Waals surface area contributed by atoms with E-state index in [1.165, 1.54) is 11.3 Å². The van der Waals surface area contributed by atoms with Crippen LogP contribution in [0, 0.1) is 6.92 Å². The molecule has 1 aliphatic heterocycles. The third-order valence-electron chi connectivity index (χ3n) is 6.58. The maximum atomic E-state index is 14.0. The van der Waals surface area contributed by atoms with Crippen LogP contribution in [0.1, 0.15) is 33.4 Å². The molecular weight excluding hydrogens is 476 g/mol. The molecule has 4 aromatic rings. The molecule has 2 aromatic heterocycles. The Bertz CT molecular complexity index is 1500. The first-order valence-electron chi connectivity index (χ1n) is 11.8. The molecule has 5 rings (SSSR count). The van der Waals surface area contributed by atoms with E-state index in [-0.39, 0.29) is 11.4 Å². The van der Waals surface area contributed by atoms with Gasteiger partial charge in [-0.15, -0.1) is 0 Å². The zero-order valence-corrected chi connectivity index (χ0v) is 21.5. The number of hydrogen-bond acceptors (Lipinski definition) is 7. The Kier molecular flexibility index (Phi) is 6.27. The summed E-state index contributed by atoms with van der Waals surface area (Å²) in [6, 6.07) is 14.3. The van der Waals surface area contributed by atoms with Gasteiger partial charge in [0.05, 0.1) is 34.6 Å². The van der Waals surface area contributed by atoms with E-state index in [9.17, 15) is 14.7 Å². The standard InChI is InChI=1S/C27H28N4O4S/c1-16-25(36-27-28-19-8-5-6-9-20(19)31(16)27)23(32)21-22(17-10-12-18(35-4)13-11-17)30(26(34)24(21)33)15-7-14-29(2)3/h5-6,8-13,22,33H,7,14-15H2,1-4H3. The van der Waals surface area contributed by atoms with Gasteiger partial charge in [0, 0.05) is 12.2 Å². The Labute approximate surface area is 213 Å². The number of ketones is 1. The summed E-state index contributed by atoms with van der Waals surface area (Å²) in [5.41, 5.74) is 3.35. The van der Waals surface area contributed by atoms with Crippen molar-refractivity contribution in [1.82, 2.24) is 19.2 Å². The minimum atomic E-state index is -0.691. The molecule has 0 fully saturated rings. The van der Waals surface area contributed by atoms with Crippen LogP contribution < -0.4 is 4.74 Å². The molecule has 8 nitrogen and oxygen atoms in total. The number of aromatic nitrogens is 2. The number of carbonyl (C=O) groups is 2. The summed E-state index contributed by atoms with van der Waals surface area (Å²) < 4.78 is 7.25. The van der Waals surface area contributed by atoms with Crippen molar-refractivity contribution in [3.05, 3.63) is 76.0 Å². The lowest BCUT2D eigenvalue weighted by atomic mass is 9.95. The second-order valence-electron chi connectivity index (χ2n) is 9.16. The predicted octanol–water partition coefficient (Wildman–Crippen LogP) is 4.40. The molecule has 0 spiro atoms. The molecular formula is C27H28N4O4S. The molecule has 0 bridgehead atoms. The number of fused-ring (bicyclic) bond motifs is 3. The summed E-state index contributed by atoms with van der Waals surface area (Å²) >= 11 is 1.27. The molecule has 0 aliphatic carbocycles. The number of benzene rings is 2. The molecule has 0 saturated carbocycles. The molecule has 36 heavy (non-hydrogen) atoms. The second kappa shape index (κ2) is 9.40. The quantitative estimate of drug-likeness (QED) is 0.358. The van der Waals surface area contributed by atoms with Gasteiger partial charge in [-0.1, -0.05) is 35.6 Å². The average molecular weight is 505 g/mol. The number of thiazole rings is 1. The van der Waals surface area contributed by atoms with Crippen molar-refractivity contribution < 1.29 is 19.4 Å². The molecule has 9 heteroatoms. The summed E-state index contributed by atoms with van der Waals surface area (Å²) in [4.78, 5) is 36.7. The Morgan fingerprint density at radius 2 is 1.89 bits per heavy atom. The molecule has 1 unspecified atom stereocenters. The molecule has 186 valence electrons. The monoisotopic (exact) mass is 504 g/mol. The first-order valence-corrected chi connectivity index (χ1v) is 12.6. The smallest absolute Gasteiger partial charge is 0.290 e. The van der Waals surface area contributed by atoms with E-state index in [0.29, 0.717) is 28.6 Å². The van der Waals surface area contributed by atoms with E-state index in [0.717, 1.165) is 28.8 Å². The minimum Gasteiger partial charge on any atom is -0.503 e. The first kappa shape index (κ1) is 24.0.